The van der Waals surface area contributed by atoms with E-state index in [2.05, 4.69) is 4.74 Å². The van der Waals surface area contributed by atoms with E-state index in [0.29, 0.717) is 17.8 Å². The molecule has 22 heavy (non-hydrogen) atoms. The highest BCUT2D eigenvalue weighted by Crippen LogP contribution is 2.57. The third-order valence-electron chi connectivity index (χ3n) is 5.24. The summed E-state index contributed by atoms with van der Waals surface area (Å²) in [5, 5.41) is 10.2. The molecule has 122 valence electrons. The van der Waals surface area contributed by atoms with Gasteiger partial charge in [-0.1, -0.05) is 0 Å². The zero-order valence-corrected chi connectivity index (χ0v) is 12.5. The van der Waals surface area contributed by atoms with Crippen molar-refractivity contribution in [1.29, 1.82) is 0 Å². The molecule has 0 radical (unpaired) electrons. The highest BCUT2D eigenvalue weighted by Gasteiger charge is 2.53. The number of aliphatic carboxylic acids is 1. The second-order valence-electron chi connectivity index (χ2n) is 7.10. The molecule has 6 heteroatoms. The monoisotopic (exact) mass is 309 g/mol. The molecule has 4 rings (SSSR count). The van der Waals surface area contributed by atoms with Crippen molar-refractivity contribution in [3.63, 3.8) is 0 Å². The Balaban J connectivity index is 1.42. The van der Waals surface area contributed by atoms with Gasteiger partial charge in [0.05, 0.1) is 6.61 Å². The quantitative estimate of drug-likeness (QED) is 0.419. The molecule has 0 spiro atoms. The fraction of sp³-hybridized carbons (Fsp3) is 0.812. The van der Waals surface area contributed by atoms with Gasteiger partial charge in [0.2, 0.25) is 0 Å². The molecule has 4 fully saturated rings. The number of carboxylic acid groups (broad SMARTS) is 1. The van der Waals surface area contributed by atoms with Gasteiger partial charge in [0, 0.05) is 6.42 Å². The average Bonchev–Trinajstić information content (AvgIpc) is 2.41. The molecule has 0 unspecified atom stereocenters. The second kappa shape index (κ2) is 5.89. The zero-order chi connectivity index (χ0) is 15.7. The van der Waals surface area contributed by atoms with Crippen LogP contribution >= 0.6 is 0 Å². The maximum absolute atomic E-state index is 12.0. The lowest BCUT2D eigenvalue weighted by Crippen LogP contribution is -2.52. The molecule has 4 aliphatic rings. The lowest BCUT2D eigenvalue weighted by atomic mass is 9.54. The molecule has 4 saturated carbocycles. The van der Waals surface area contributed by atoms with Crippen LogP contribution in [-0.2, 0) is 23.9 Å². The van der Waals surface area contributed by atoms with Crippen molar-refractivity contribution in [2.45, 2.75) is 57.0 Å². The normalized spacial score (nSPS) is 35.2. The van der Waals surface area contributed by atoms with Gasteiger partial charge in [-0.05, 0) is 62.7 Å². The van der Waals surface area contributed by atoms with Crippen molar-refractivity contribution in [2.24, 2.45) is 17.8 Å². The maximum Gasteiger partial charge on any atom is 0.354 e. The van der Waals surface area contributed by atoms with Crippen molar-refractivity contribution >= 4 is 17.9 Å². The molecule has 4 bridgehead atoms. The number of ether oxygens (including phenoxy) is 2. The summed E-state index contributed by atoms with van der Waals surface area (Å²) in [5.41, 5.74) is -0.256. The minimum absolute atomic E-state index is 0.108. The third-order valence-corrected chi connectivity index (χ3v) is 5.24. The first-order valence-electron chi connectivity index (χ1n) is 8.06. The van der Waals surface area contributed by atoms with Gasteiger partial charge in [-0.15, -0.1) is 0 Å². The first-order chi connectivity index (χ1) is 10.5. The van der Waals surface area contributed by atoms with E-state index in [0.717, 1.165) is 19.3 Å². The standard InChI is InChI=1S/C16H22O6/c17-13(2-1-3-21-15(20)14(18)19)22-16-7-10-4-11(8-16)6-12(5-10)9-16/h10-12H,1-9H2,(H,18,19)/p-1. The molecule has 0 aromatic heterocycles. The lowest BCUT2D eigenvalue weighted by Gasteiger charge is -2.55. The minimum Gasteiger partial charge on any atom is -0.539 e. The summed E-state index contributed by atoms with van der Waals surface area (Å²) in [6, 6.07) is 0. The van der Waals surface area contributed by atoms with E-state index in [-0.39, 0.29) is 31.0 Å². The Hall–Kier alpha value is -1.59. The van der Waals surface area contributed by atoms with Crippen LogP contribution in [0.25, 0.3) is 0 Å². The predicted molar refractivity (Wildman–Crippen MR) is 72.2 cm³/mol. The molecular weight excluding hydrogens is 288 g/mol. The van der Waals surface area contributed by atoms with Gasteiger partial charge in [0.15, 0.2) is 5.97 Å². The number of rotatable bonds is 5. The lowest BCUT2D eigenvalue weighted by molar-refractivity contribution is -0.303. The smallest absolute Gasteiger partial charge is 0.354 e. The van der Waals surface area contributed by atoms with Gasteiger partial charge in [-0.3, -0.25) is 4.79 Å². The minimum atomic E-state index is -1.86. The Labute approximate surface area is 129 Å². The van der Waals surface area contributed by atoms with Crippen LogP contribution in [0.15, 0.2) is 0 Å². The van der Waals surface area contributed by atoms with Crippen molar-refractivity contribution in [3.8, 4) is 0 Å². The Morgan fingerprint density at radius 3 is 2.05 bits per heavy atom. The van der Waals surface area contributed by atoms with Crippen LogP contribution in [0.2, 0.25) is 0 Å². The van der Waals surface area contributed by atoms with Crippen LogP contribution in [0.3, 0.4) is 0 Å². The number of carboxylic acids is 1. The van der Waals surface area contributed by atoms with Crippen molar-refractivity contribution in [1.82, 2.24) is 0 Å². The summed E-state index contributed by atoms with van der Waals surface area (Å²) < 4.78 is 10.2. The molecule has 0 aromatic carbocycles. The fourth-order valence-corrected chi connectivity index (χ4v) is 4.89. The van der Waals surface area contributed by atoms with Crippen molar-refractivity contribution in [3.05, 3.63) is 0 Å². The molecule has 0 aliphatic heterocycles. The molecule has 0 saturated heterocycles. The van der Waals surface area contributed by atoms with E-state index >= 15 is 0 Å². The number of hydrogen-bond donors (Lipinski definition) is 0. The zero-order valence-electron chi connectivity index (χ0n) is 12.5. The van der Waals surface area contributed by atoms with Crippen LogP contribution in [0.1, 0.15) is 51.4 Å². The molecule has 0 N–H and O–H groups in total. The topological polar surface area (TPSA) is 92.7 Å². The highest BCUT2D eigenvalue weighted by molar-refractivity contribution is 6.27. The molecule has 0 heterocycles. The molecule has 0 amide bonds. The summed E-state index contributed by atoms with van der Waals surface area (Å²) in [7, 11) is 0. The van der Waals surface area contributed by atoms with Gasteiger partial charge in [0.25, 0.3) is 0 Å². The van der Waals surface area contributed by atoms with Gasteiger partial charge in [-0.2, -0.15) is 0 Å². The fourth-order valence-electron chi connectivity index (χ4n) is 4.89. The van der Waals surface area contributed by atoms with Gasteiger partial charge in [-0.25, -0.2) is 4.79 Å². The van der Waals surface area contributed by atoms with Gasteiger partial charge in [0.1, 0.15) is 5.60 Å². The van der Waals surface area contributed by atoms with Crippen LogP contribution in [-0.4, -0.2) is 30.1 Å². The van der Waals surface area contributed by atoms with Crippen LogP contribution in [0, 0.1) is 17.8 Å². The van der Waals surface area contributed by atoms with E-state index in [1.165, 1.54) is 19.3 Å². The average molecular weight is 309 g/mol. The Morgan fingerprint density at radius 1 is 1.00 bits per heavy atom. The van der Waals surface area contributed by atoms with Crippen LogP contribution in [0.5, 0.6) is 0 Å². The third kappa shape index (κ3) is 3.25. The maximum atomic E-state index is 12.0. The van der Waals surface area contributed by atoms with Crippen molar-refractivity contribution in [2.75, 3.05) is 6.61 Å². The summed E-state index contributed by atoms with van der Waals surface area (Å²) in [5.74, 6) is -1.40. The molecular formula is C16H21O6-. The van der Waals surface area contributed by atoms with Gasteiger partial charge >= 0.3 is 11.9 Å². The van der Waals surface area contributed by atoms with E-state index in [1.807, 2.05) is 0 Å². The predicted octanol–water partition coefficient (Wildman–Crippen LogP) is 0.572. The Kier molecular flexibility index (Phi) is 4.10. The molecule has 0 atom stereocenters. The Morgan fingerprint density at radius 2 is 1.55 bits per heavy atom. The van der Waals surface area contributed by atoms with E-state index in [1.54, 1.807) is 0 Å². The summed E-state index contributed by atoms with van der Waals surface area (Å²) in [4.78, 5) is 32.9. The SMILES string of the molecule is O=C(CCCOC(=O)C(=O)[O-])OC12CC3CC(CC(C3)C1)C2. The number of hydrogen-bond acceptors (Lipinski definition) is 6. The number of carbonyl (C=O) groups is 3. The first kappa shape index (κ1) is 15.3. The van der Waals surface area contributed by atoms with Crippen LogP contribution < -0.4 is 5.11 Å². The largest absolute Gasteiger partial charge is 0.539 e. The number of esters is 2. The molecule has 0 aromatic rings. The first-order valence-corrected chi connectivity index (χ1v) is 8.06. The summed E-state index contributed by atoms with van der Waals surface area (Å²) in [6.45, 7) is -0.108. The van der Waals surface area contributed by atoms with E-state index in [9.17, 15) is 19.5 Å². The van der Waals surface area contributed by atoms with Crippen molar-refractivity contribution < 1.29 is 29.0 Å². The highest BCUT2D eigenvalue weighted by atomic mass is 16.6. The van der Waals surface area contributed by atoms with E-state index in [4.69, 9.17) is 4.74 Å². The second-order valence-corrected chi connectivity index (χ2v) is 7.10. The summed E-state index contributed by atoms with van der Waals surface area (Å²) >= 11 is 0. The molecule has 6 nitrogen and oxygen atoms in total. The van der Waals surface area contributed by atoms with Gasteiger partial charge < -0.3 is 19.4 Å². The van der Waals surface area contributed by atoms with E-state index < -0.39 is 11.9 Å². The number of carbonyl (C=O) groups excluding carboxylic acids is 3. The Bertz CT molecular complexity index is 448. The van der Waals surface area contributed by atoms with Crippen LogP contribution in [0.4, 0.5) is 0 Å². The molecule has 4 aliphatic carbocycles. The summed E-state index contributed by atoms with van der Waals surface area (Å²) in [6.07, 6.45) is 7.24.